The number of anilines is 6. The normalized spacial score (nSPS) is 11.5. The highest BCUT2D eigenvalue weighted by Gasteiger charge is 2.27. The second-order valence-electron chi connectivity index (χ2n) is 15.0. The molecule has 11 rings (SSSR count). The maximum atomic E-state index is 6.68. The van der Waals surface area contributed by atoms with E-state index in [4.69, 9.17) is 4.74 Å². The fourth-order valence-corrected chi connectivity index (χ4v) is 8.43. The summed E-state index contributed by atoms with van der Waals surface area (Å²) in [6.07, 6.45) is 1.75. The summed E-state index contributed by atoms with van der Waals surface area (Å²) in [6.45, 7) is 5.25. The molecule has 0 saturated heterocycles. The minimum atomic E-state index is 0.816. The number of para-hydroxylation sites is 5. The molecule has 0 fully saturated rings. The number of aromatic nitrogens is 1. The zero-order valence-corrected chi connectivity index (χ0v) is 33.9. The molecule has 292 valence electrons. The number of rotatable bonds is 7. The average molecular weight is 786 g/mol. The predicted molar refractivity (Wildman–Crippen MR) is 257 cm³/mol. The lowest BCUT2D eigenvalue weighted by Gasteiger charge is -2.33. The van der Waals surface area contributed by atoms with Gasteiger partial charge < -0.3 is 19.1 Å². The molecule has 10 aromatic rings. The monoisotopic (exact) mass is 785 g/mol. The molecular formula is C57H43N3O. The Kier molecular flexibility index (Phi) is 9.93. The van der Waals surface area contributed by atoms with Gasteiger partial charge in [-0.3, -0.25) is 0 Å². The zero-order chi connectivity index (χ0) is 41.1. The molecule has 4 nitrogen and oxygen atoms in total. The van der Waals surface area contributed by atoms with Gasteiger partial charge in [-0.05, 0) is 126 Å². The smallest absolute Gasteiger partial charge is 0.152 e. The number of ether oxygens (including phenoxy) is 1. The summed E-state index contributed by atoms with van der Waals surface area (Å²) in [5, 5.41) is 2.43. The second-order valence-corrected chi connectivity index (χ2v) is 15.0. The molecular weight excluding hydrogens is 743 g/mol. The van der Waals surface area contributed by atoms with Crippen LogP contribution in [0.15, 0.2) is 237 Å². The van der Waals surface area contributed by atoms with E-state index in [1.807, 2.05) is 13.0 Å². The van der Waals surface area contributed by atoms with E-state index in [1.165, 1.54) is 32.9 Å². The number of allylic oxidation sites excluding steroid dienone is 1. The van der Waals surface area contributed by atoms with E-state index in [2.05, 4.69) is 239 Å². The van der Waals surface area contributed by atoms with Crippen molar-refractivity contribution in [2.45, 2.75) is 6.92 Å². The quantitative estimate of drug-likeness (QED) is 0.150. The summed E-state index contributed by atoms with van der Waals surface area (Å²) in [4.78, 5) is 4.63. The molecule has 1 aliphatic rings. The first-order valence-electron chi connectivity index (χ1n) is 20.7. The molecule has 4 heteroatoms. The van der Waals surface area contributed by atoms with E-state index in [-0.39, 0.29) is 0 Å². The van der Waals surface area contributed by atoms with Crippen molar-refractivity contribution in [3.63, 3.8) is 0 Å². The van der Waals surface area contributed by atoms with Gasteiger partial charge in [-0.25, -0.2) is 0 Å². The summed E-state index contributed by atoms with van der Waals surface area (Å²) in [7, 11) is 0. The third kappa shape index (κ3) is 7.00. The van der Waals surface area contributed by atoms with Crippen molar-refractivity contribution in [2.75, 3.05) is 9.80 Å². The van der Waals surface area contributed by atoms with Crippen LogP contribution in [-0.4, -0.2) is 4.57 Å². The molecule has 9 aromatic carbocycles. The SMILES string of the molecule is C=CC.c1ccc(-c2ccc(N(c3ccccc3)c3ccc(-c4ccc5c(c4)Oc4ccccc4N5c4ccc5c(c4)c4ccccc4n5-c4ccccc4)cc3)cc2)cc1. The van der Waals surface area contributed by atoms with Crippen molar-refractivity contribution in [3.05, 3.63) is 237 Å². The lowest BCUT2D eigenvalue weighted by Crippen LogP contribution is -2.15. The van der Waals surface area contributed by atoms with E-state index in [9.17, 15) is 0 Å². The molecule has 0 unspecified atom stereocenters. The van der Waals surface area contributed by atoms with Crippen molar-refractivity contribution in [1.82, 2.24) is 4.57 Å². The maximum Gasteiger partial charge on any atom is 0.152 e. The van der Waals surface area contributed by atoms with Gasteiger partial charge >= 0.3 is 0 Å². The molecule has 2 heterocycles. The Hall–Kier alpha value is -8.08. The van der Waals surface area contributed by atoms with Gasteiger partial charge in [0.1, 0.15) is 0 Å². The van der Waals surface area contributed by atoms with Crippen LogP contribution in [0.2, 0.25) is 0 Å². The van der Waals surface area contributed by atoms with Crippen molar-refractivity contribution < 1.29 is 4.74 Å². The Balaban J connectivity index is 0.00000144. The molecule has 0 radical (unpaired) electrons. The van der Waals surface area contributed by atoms with Crippen LogP contribution in [0.4, 0.5) is 34.1 Å². The van der Waals surface area contributed by atoms with Gasteiger partial charge in [0.15, 0.2) is 11.5 Å². The Labute approximate surface area is 357 Å². The first-order chi connectivity index (χ1) is 30.2. The number of benzene rings is 9. The van der Waals surface area contributed by atoms with E-state index in [1.54, 1.807) is 6.08 Å². The first-order valence-corrected chi connectivity index (χ1v) is 20.7. The molecule has 0 bridgehead atoms. The molecule has 0 amide bonds. The van der Waals surface area contributed by atoms with Crippen LogP contribution in [0.3, 0.4) is 0 Å². The van der Waals surface area contributed by atoms with Crippen LogP contribution < -0.4 is 14.5 Å². The topological polar surface area (TPSA) is 20.6 Å². The molecule has 0 atom stereocenters. The van der Waals surface area contributed by atoms with Gasteiger partial charge in [0.05, 0.1) is 22.4 Å². The molecule has 0 spiro atoms. The van der Waals surface area contributed by atoms with Crippen molar-refractivity contribution in [2.24, 2.45) is 0 Å². The van der Waals surface area contributed by atoms with Gasteiger partial charge in [-0.2, -0.15) is 0 Å². The summed E-state index contributed by atoms with van der Waals surface area (Å²) in [5.41, 5.74) is 14.5. The highest BCUT2D eigenvalue weighted by Crippen LogP contribution is 2.52. The molecule has 0 saturated carbocycles. The third-order valence-electron chi connectivity index (χ3n) is 11.2. The standard InChI is InChI=1S/C54H37N3O.C3H6/c1-4-14-38(15-5-1)39-24-29-44(30-25-39)55(42-16-6-2-7-17-42)45-31-26-40(27-32-45)41-28-34-52-54(36-41)58-53-23-13-12-22-51(53)57(52)46-33-35-50-48(37-46)47-20-10-11-21-49(47)56(50)43-18-8-3-9-19-43;1-3-2/h1-37H;3H,1H2,2H3. The van der Waals surface area contributed by atoms with Crippen LogP contribution in [0, 0.1) is 0 Å². The van der Waals surface area contributed by atoms with Gasteiger partial charge in [0.25, 0.3) is 0 Å². The minimum Gasteiger partial charge on any atom is -0.453 e. The summed E-state index contributed by atoms with van der Waals surface area (Å²) in [6, 6.07) is 79.6. The number of hydrogen-bond donors (Lipinski definition) is 0. The lowest BCUT2D eigenvalue weighted by atomic mass is 10.0. The highest BCUT2D eigenvalue weighted by atomic mass is 16.5. The van der Waals surface area contributed by atoms with Crippen molar-refractivity contribution >= 4 is 55.9 Å². The Morgan fingerprint density at radius 3 is 1.62 bits per heavy atom. The fourth-order valence-electron chi connectivity index (χ4n) is 8.43. The number of hydrogen-bond acceptors (Lipinski definition) is 3. The average Bonchev–Trinajstić information content (AvgIpc) is 3.66. The minimum absolute atomic E-state index is 0.816. The third-order valence-corrected chi connectivity index (χ3v) is 11.2. The Morgan fingerprint density at radius 2 is 0.918 bits per heavy atom. The highest BCUT2D eigenvalue weighted by molar-refractivity contribution is 6.11. The molecule has 61 heavy (non-hydrogen) atoms. The molecule has 0 N–H and O–H groups in total. The van der Waals surface area contributed by atoms with Gasteiger partial charge in [-0.15, -0.1) is 6.58 Å². The largest absolute Gasteiger partial charge is 0.453 e. The number of fused-ring (bicyclic) bond motifs is 5. The molecule has 1 aromatic heterocycles. The van der Waals surface area contributed by atoms with E-state index in [0.717, 1.165) is 62.4 Å². The van der Waals surface area contributed by atoms with Crippen LogP contribution in [0.5, 0.6) is 11.5 Å². The maximum absolute atomic E-state index is 6.68. The Bertz CT molecular complexity index is 3120. The summed E-state index contributed by atoms with van der Waals surface area (Å²) >= 11 is 0. The predicted octanol–water partition coefficient (Wildman–Crippen LogP) is 16.4. The van der Waals surface area contributed by atoms with E-state index in [0.29, 0.717) is 0 Å². The van der Waals surface area contributed by atoms with Crippen LogP contribution in [-0.2, 0) is 0 Å². The summed E-state index contributed by atoms with van der Waals surface area (Å²) < 4.78 is 9.03. The molecule has 1 aliphatic heterocycles. The van der Waals surface area contributed by atoms with Crippen LogP contribution in [0.25, 0.3) is 49.7 Å². The van der Waals surface area contributed by atoms with Crippen LogP contribution >= 0.6 is 0 Å². The van der Waals surface area contributed by atoms with Crippen LogP contribution in [0.1, 0.15) is 6.92 Å². The lowest BCUT2D eigenvalue weighted by molar-refractivity contribution is 0.477. The first kappa shape index (κ1) is 37.2. The fraction of sp³-hybridized carbons (Fsp3) is 0.0175. The van der Waals surface area contributed by atoms with Gasteiger partial charge in [0, 0.05) is 39.2 Å². The summed E-state index contributed by atoms with van der Waals surface area (Å²) in [5.74, 6) is 1.64. The van der Waals surface area contributed by atoms with Crippen molar-refractivity contribution in [3.8, 4) is 39.4 Å². The number of nitrogens with zero attached hydrogens (tertiary/aromatic N) is 3. The van der Waals surface area contributed by atoms with E-state index >= 15 is 0 Å². The molecule has 0 aliphatic carbocycles. The van der Waals surface area contributed by atoms with Crippen molar-refractivity contribution in [1.29, 1.82) is 0 Å². The van der Waals surface area contributed by atoms with E-state index < -0.39 is 0 Å². The second kappa shape index (κ2) is 16.3. The Morgan fingerprint density at radius 1 is 0.410 bits per heavy atom. The van der Waals surface area contributed by atoms with Gasteiger partial charge in [-0.1, -0.05) is 133 Å². The zero-order valence-electron chi connectivity index (χ0n) is 33.9. The van der Waals surface area contributed by atoms with Gasteiger partial charge in [0.2, 0.25) is 0 Å².